The van der Waals surface area contributed by atoms with Gasteiger partial charge in [0.2, 0.25) is 24.1 Å². The van der Waals surface area contributed by atoms with E-state index < -0.39 is 46.1 Å². The van der Waals surface area contributed by atoms with Crippen LogP contribution in [0, 0.1) is 0 Å². The Labute approximate surface area is 194 Å². The number of ether oxygens (including phenoxy) is 2. The minimum atomic E-state index is -4.34. The number of hydrogen-bond donors (Lipinski definition) is 2. The molecule has 0 aliphatic carbocycles. The van der Waals surface area contributed by atoms with Crippen LogP contribution in [0.2, 0.25) is 5.02 Å². The molecule has 0 atom stereocenters. The molecule has 0 spiro atoms. The van der Waals surface area contributed by atoms with E-state index in [4.69, 9.17) is 23.8 Å². The van der Waals surface area contributed by atoms with E-state index in [9.17, 15) is 17.2 Å². The lowest BCUT2D eigenvalue weighted by atomic mass is 10.2. The largest absolute Gasteiger partial charge is 0.481 e. The van der Waals surface area contributed by atoms with Gasteiger partial charge in [-0.05, 0) is 18.2 Å². The normalized spacial score (nSPS) is 13.2. The van der Waals surface area contributed by atoms with Crippen LogP contribution < -0.4 is 14.2 Å². The zero-order chi connectivity index (χ0) is 25.5. The number of nitrogens with one attached hydrogen (secondary N) is 2. The van der Waals surface area contributed by atoms with E-state index in [2.05, 4.69) is 24.8 Å². The molecule has 0 aliphatic rings. The maximum atomic E-state index is 13.3. The Morgan fingerprint density at radius 2 is 1.97 bits per heavy atom. The molecule has 174 valence electrons. The molecule has 33 heavy (non-hydrogen) atoms. The molecule has 1 aromatic carbocycles. The van der Waals surface area contributed by atoms with Crippen LogP contribution in [-0.2, 0) is 16.4 Å². The molecule has 3 heterocycles. The van der Waals surface area contributed by atoms with Crippen molar-refractivity contribution in [2.24, 2.45) is 0 Å². The number of alkyl halides is 2. The molecule has 0 amide bonds. The third kappa shape index (κ3) is 4.28. The van der Waals surface area contributed by atoms with Crippen molar-refractivity contribution in [2.45, 2.75) is 17.7 Å². The molecule has 0 fully saturated rings. The summed E-state index contributed by atoms with van der Waals surface area (Å²) >= 11 is 6.31. The molecule has 2 N–H and O–H groups in total. The number of sulfonamides is 1. The molecule has 0 aliphatic heterocycles. The van der Waals surface area contributed by atoms with Gasteiger partial charge in [-0.2, -0.15) is 15.1 Å². The van der Waals surface area contributed by atoms with Crippen molar-refractivity contribution in [3.63, 3.8) is 0 Å². The van der Waals surface area contributed by atoms with Crippen LogP contribution in [0.25, 0.3) is 16.6 Å². The molecule has 4 rings (SSSR count). The lowest BCUT2D eigenvalue weighted by Gasteiger charge is -2.14. The Morgan fingerprint density at radius 3 is 2.55 bits per heavy atom. The lowest BCUT2D eigenvalue weighted by molar-refractivity contribution is 0.146. The second kappa shape index (κ2) is 8.83. The summed E-state index contributed by atoms with van der Waals surface area (Å²) in [6.45, 7) is 0. The van der Waals surface area contributed by atoms with Crippen molar-refractivity contribution < 1.29 is 29.4 Å². The number of aromatic amines is 1. The molecular formula is C19H17ClF2N6O4S. The quantitative estimate of drug-likeness (QED) is 0.380. The zero-order valence-corrected chi connectivity index (χ0v) is 18.6. The predicted molar refractivity (Wildman–Crippen MR) is 116 cm³/mol. The summed E-state index contributed by atoms with van der Waals surface area (Å²) in [5.41, 5.74) is 0.0537. The van der Waals surface area contributed by atoms with Crippen LogP contribution >= 0.6 is 11.6 Å². The van der Waals surface area contributed by atoms with Crippen molar-refractivity contribution in [3.8, 4) is 17.4 Å². The van der Waals surface area contributed by atoms with Crippen molar-refractivity contribution in [1.29, 1.82) is 0 Å². The molecule has 0 bridgehead atoms. The van der Waals surface area contributed by atoms with Gasteiger partial charge < -0.3 is 14.5 Å². The van der Waals surface area contributed by atoms with Gasteiger partial charge in [-0.1, -0.05) is 11.6 Å². The fourth-order valence-corrected chi connectivity index (χ4v) is 4.51. The number of rotatable bonds is 8. The van der Waals surface area contributed by atoms with Gasteiger partial charge >= 0.3 is 0 Å². The lowest BCUT2D eigenvalue weighted by Crippen LogP contribution is -2.16. The number of anilines is 1. The number of benzene rings is 1. The van der Waals surface area contributed by atoms with Gasteiger partial charge in [-0.15, -0.1) is 0 Å². The summed E-state index contributed by atoms with van der Waals surface area (Å²) in [6.07, 6.45) is -2.28. The van der Waals surface area contributed by atoms with Crippen LogP contribution in [0.15, 0.2) is 41.7 Å². The van der Waals surface area contributed by atoms with E-state index in [-0.39, 0.29) is 10.3 Å². The Morgan fingerprint density at radius 1 is 1.27 bits per heavy atom. The van der Waals surface area contributed by atoms with Crippen LogP contribution in [0.3, 0.4) is 0 Å². The Balaban J connectivity index is 1.80. The average Bonchev–Trinajstić information content (AvgIpc) is 3.48. The molecule has 4 aromatic rings. The molecule has 0 saturated carbocycles. The van der Waals surface area contributed by atoms with Gasteiger partial charge in [0.05, 0.1) is 30.3 Å². The molecule has 10 nitrogen and oxygen atoms in total. The standard InChI is InChI=1S/C19H17ClF2N6O4S/c1-31-17-11(8-14(21)22)18(32-2)26-19(25-17)27-33(29,30)13-9-23-15-10(13)4-5-12(20)16(15)28-7-3-6-24-28/h3-7,9,14,23H,8H2,1-2H3,(H,25,26,27)/i8D2. The Bertz CT molecular complexity index is 1470. The first-order valence-corrected chi connectivity index (χ1v) is 11.0. The maximum Gasteiger partial charge on any atom is 0.266 e. The van der Waals surface area contributed by atoms with E-state index in [0.29, 0.717) is 16.2 Å². The molecule has 3 aromatic heterocycles. The fourth-order valence-electron chi connectivity index (χ4n) is 3.15. The van der Waals surface area contributed by atoms with Crippen LogP contribution in [0.4, 0.5) is 14.7 Å². The highest BCUT2D eigenvalue weighted by Crippen LogP contribution is 2.34. The summed E-state index contributed by atoms with van der Waals surface area (Å²) in [7, 11) is -2.22. The smallest absolute Gasteiger partial charge is 0.266 e. The van der Waals surface area contributed by atoms with Crippen molar-refractivity contribution in [3.05, 3.63) is 47.4 Å². The Hall–Kier alpha value is -3.45. The molecular weight excluding hydrogens is 482 g/mol. The number of aromatic nitrogens is 5. The van der Waals surface area contributed by atoms with Crippen LogP contribution in [-0.4, -0.2) is 53.8 Å². The molecule has 0 unspecified atom stereocenters. The third-order valence-corrected chi connectivity index (χ3v) is 6.15. The van der Waals surface area contributed by atoms with Crippen molar-refractivity contribution in [2.75, 3.05) is 18.9 Å². The number of halogens is 3. The first-order valence-electron chi connectivity index (χ1n) is 10.1. The molecule has 14 heteroatoms. The third-order valence-electron chi connectivity index (χ3n) is 4.47. The van der Waals surface area contributed by atoms with E-state index >= 15 is 0 Å². The van der Waals surface area contributed by atoms with E-state index in [1.165, 1.54) is 29.2 Å². The van der Waals surface area contributed by atoms with Gasteiger partial charge in [0, 0.05) is 33.1 Å². The fraction of sp³-hybridized carbons (Fsp3) is 0.211. The number of H-pyrrole nitrogens is 1. The van der Waals surface area contributed by atoms with Gasteiger partial charge in [-0.3, -0.25) is 0 Å². The average molecular weight is 501 g/mol. The number of hydrogen-bond acceptors (Lipinski definition) is 7. The first kappa shape index (κ1) is 20.2. The van der Waals surface area contributed by atoms with Crippen LogP contribution in [0.1, 0.15) is 8.30 Å². The van der Waals surface area contributed by atoms with E-state index in [1.54, 1.807) is 12.3 Å². The highest BCUT2D eigenvalue weighted by Gasteiger charge is 2.25. The summed E-state index contributed by atoms with van der Waals surface area (Å²) in [5.74, 6) is -1.82. The van der Waals surface area contributed by atoms with Gasteiger partial charge in [-0.25, -0.2) is 26.6 Å². The summed E-state index contributed by atoms with van der Waals surface area (Å²) in [4.78, 5) is 10.2. The second-order valence-electron chi connectivity index (χ2n) is 6.41. The Kier molecular flexibility index (Phi) is 5.40. The minimum Gasteiger partial charge on any atom is -0.481 e. The topological polar surface area (TPSA) is 124 Å². The van der Waals surface area contributed by atoms with Crippen LogP contribution in [0.5, 0.6) is 11.8 Å². The monoisotopic (exact) mass is 500 g/mol. The van der Waals surface area contributed by atoms with Gasteiger partial charge in [0.25, 0.3) is 10.0 Å². The number of methoxy groups -OCH3 is 2. The highest BCUT2D eigenvalue weighted by atomic mass is 35.5. The SMILES string of the molecule is [2H]C([2H])(c1c(OC)nc(NS(=O)(=O)c2c[nH]c3c(-n4cccn4)c(Cl)ccc23)nc1OC)C(F)F. The number of nitrogens with zero attached hydrogens (tertiary/aromatic N) is 4. The summed E-state index contributed by atoms with van der Waals surface area (Å²) in [6, 6.07) is 4.69. The molecule has 0 radical (unpaired) electrons. The zero-order valence-electron chi connectivity index (χ0n) is 19.0. The summed E-state index contributed by atoms with van der Waals surface area (Å²) < 4.78 is 81.9. The minimum absolute atomic E-state index is 0.189. The van der Waals surface area contributed by atoms with Crippen molar-refractivity contribution >= 4 is 38.5 Å². The predicted octanol–water partition coefficient (Wildman–Crippen LogP) is 3.42. The first-order chi connectivity index (χ1) is 16.5. The van der Waals surface area contributed by atoms with Gasteiger partial charge in [0.15, 0.2) is 0 Å². The summed E-state index contributed by atoms with van der Waals surface area (Å²) in [5, 5.41) is 4.73. The van der Waals surface area contributed by atoms with E-state index in [0.717, 1.165) is 14.2 Å². The highest BCUT2D eigenvalue weighted by molar-refractivity contribution is 7.93. The molecule has 0 saturated heterocycles. The van der Waals surface area contributed by atoms with Crippen molar-refractivity contribution in [1.82, 2.24) is 24.7 Å². The van der Waals surface area contributed by atoms with E-state index in [1.807, 2.05) is 0 Å². The van der Waals surface area contributed by atoms with Gasteiger partial charge in [0.1, 0.15) is 10.6 Å². The number of fused-ring (bicyclic) bond motifs is 1. The second-order valence-corrected chi connectivity index (χ2v) is 8.47. The maximum absolute atomic E-state index is 13.3.